The van der Waals surface area contributed by atoms with Crippen LogP contribution in [-0.2, 0) is 5.92 Å². The maximum Gasteiger partial charge on any atom is 0.275 e. The highest BCUT2D eigenvalue weighted by molar-refractivity contribution is 5.62. The van der Waals surface area contributed by atoms with Gasteiger partial charge >= 0.3 is 0 Å². The third kappa shape index (κ3) is 6.02. The molecule has 5 rings (SSSR count). The van der Waals surface area contributed by atoms with Gasteiger partial charge in [0, 0.05) is 44.0 Å². The maximum absolute atomic E-state index is 15.3. The van der Waals surface area contributed by atoms with Crippen LogP contribution in [0.1, 0.15) is 60.9 Å². The number of β-amino-alcohol motifs (C(OH)–C–C–N with tert-alkyl or cyclic N) is 2. The third-order valence-electron chi connectivity index (χ3n) is 7.76. The average molecular weight is 546 g/mol. The molecule has 0 radical (unpaired) electrons. The van der Waals surface area contributed by atoms with E-state index in [4.69, 9.17) is 0 Å². The molecule has 1 aliphatic heterocycles. The van der Waals surface area contributed by atoms with Crippen LogP contribution in [0.5, 0.6) is 0 Å². The molecule has 0 unspecified atom stereocenters. The van der Waals surface area contributed by atoms with Gasteiger partial charge in [-0.15, -0.1) is 0 Å². The molecule has 2 aromatic heterocycles. The number of likely N-dealkylation sites (tertiary alicyclic amines) is 1. The second kappa shape index (κ2) is 10.7. The summed E-state index contributed by atoms with van der Waals surface area (Å²) in [6.07, 6.45) is 3.23. The van der Waals surface area contributed by atoms with Crippen LogP contribution in [-0.4, -0.2) is 66.6 Å². The molecule has 2 aliphatic rings. The summed E-state index contributed by atoms with van der Waals surface area (Å²) in [5.74, 6) is -3.31. The number of halogens is 3. The van der Waals surface area contributed by atoms with Crippen LogP contribution in [0.15, 0.2) is 24.4 Å². The molecule has 1 aliphatic carbocycles. The lowest BCUT2D eigenvalue weighted by atomic mass is 9.79. The molecular weight excluding hydrogens is 511 g/mol. The Kier molecular flexibility index (Phi) is 7.53. The normalized spacial score (nSPS) is 24.2. The summed E-state index contributed by atoms with van der Waals surface area (Å²) in [5.41, 5.74) is 2.35. The number of hydrogen-bond acceptors (Lipinski definition) is 8. The Morgan fingerprint density at radius 3 is 2.33 bits per heavy atom. The number of rotatable bonds is 7. The van der Waals surface area contributed by atoms with E-state index in [0.29, 0.717) is 24.9 Å². The highest BCUT2D eigenvalue weighted by atomic mass is 19.3. The summed E-state index contributed by atoms with van der Waals surface area (Å²) in [6, 6.07) is 5.19. The smallest absolute Gasteiger partial charge is 0.275 e. The molecule has 0 amide bonds. The van der Waals surface area contributed by atoms with E-state index in [1.54, 1.807) is 19.1 Å². The number of alkyl halides is 2. The van der Waals surface area contributed by atoms with Gasteiger partial charge in [-0.2, -0.15) is 10.1 Å². The van der Waals surface area contributed by atoms with Crippen molar-refractivity contribution >= 4 is 23.3 Å². The minimum absolute atomic E-state index is 0.0284. The maximum atomic E-state index is 15.3. The van der Waals surface area contributed by atoms with Crippen molar-refractivity contribution in [2.45, 2.75) is 76.5 Å². The van der Waals surface area contributed by atoms with Crippen LogP contribution >= 0.6 is 0 Å². The van der Waals surface area contributed by atoms with E-state index in [2.05, 4.69) is 35.7 Å². The van der Waals surface area contributed by atoms with Gasteiger partial charge in [-0.25, -0.2) is 18.2 Å². The number of anilines is 4. The van der Waals surface area contributed by atoms with Gasteiger partial charge < -0.3 is 20.8 Å². The molecule has 1 aromatic carbocycles. The Bertz CT molecular complexity index is 1310. The average Bonchev–Trinajstić information content (AvgIpc) is 3.44. The minimum atomic E-state index is -3.21. The van der Waals surface area contributed by atoms with Gasteiger partial charge in [0.2, 0.25) is 5.95 Å². The number of nitrogens with zero attached hydrogens (tertiary/aromatic N) is 4. The van der Waals surface area contributed by atoms with Gasteiger partial charge in [0.1, 0.15) is 11.6 Å². The van der Waals surface area contributed by atoms with Crippen molar-refractivity contribution in [3.8, 4) is 0 Å². The number of H-pyrrole nitrogens is 1. The molecule has 3 aromatic rings. The summed E-state index contributed by atoms with van der Waals surface area (Å²) in [7, 11) is 0. The van der Waals surface area contributed by atoms with Crippen LogP contribution in [0.25, 0.3) is 0 Å². The highest BCUT2D eigenvalue weighted by Crippen LogP contribution is 2.39. The molecule has 0 spiro atoms. The van der Waals surface area contributed by atoms with E-state index < -0.39 is 29.5 Å². The number of aromatic nitrogens is 4. The van der Waals surface area contributed by atoms with E-state index in [1.165, 1.54) is 6.07 Å². The predicted molar refractivity (Wildman–Crippen MR) is 141 cm³/mol. The van der Waals surface area contributed by atoms with Crippen molar-refractivity contribution in [1.29, 1.82) is 0 Å². The Labute approximate surface area is 224 Å². The van der Waals surface area contributed by atoms with Crippen LogP contribution in [0.4, 0.5) is 36.4 Å². The van der Waals surface area contributed by atoms with E-state index in [1.807, 2.05) is 6.92 Å². The van der Waals surface area contributed by atoms with Crippen molar-refractivity contribution in [3.63, 3.8) is 0 Å². The van der Waals surface area contributed by atoms with Crippen molar-refractivity contribution < 1.29 is 23.4 Å². The summed E-state index contributed by atoms with van der Waals surface area (Å²) >= 11 is 0. The summed E-state index contributed by atoms with van der Waals surface area (Å²) in [5, 5.41) is 32.1. The fourth-order valence-corrected chi connectivity index (χ4v) is 5.66. The molecule has 1 saturated heterocycles. The SMILES string of the molecule is Cc1cc(Nc2nc(Nc3cc(C)c([C@H]4CC[C@@H](N5C[C@H](O)[C@@H](O)C5)CC4)cc3F)ncc2C(C)(F)F)n[nH]1. The van der Waals surface area contributed by atoms with Gasteiger partial charge in [-0.1, -0.05) is 0 Å². The molecule has 5 N–H and O–H groups in total. The number of nitrogens with one attached hydrogen (secondary N) is 3. The zero-order valence-electron chi connectivity index (χ0n) is 22.2. The third-order valence-corrected chi connectivity index (χ3v) is 7.76. The van der Waals surface area contributed by atoms with Gasteiger partial charge in [0.05, 0.1) is 23.5 Å². The van der Waals surface area contributed by atoms with E-state index in [-0.39, 0.29) is 23.4 Å². The Balaban J connectivity index is 1.30. The molecule has 1 saturated carbocycles. The summed E-state index contributed by atoms with van der Waals surface area (Å²) in [6.45, 7) is 5.44. The number of hydrogen-bond donors (Lipinski definition) is 5. The summed E-state index contributed by atoms with van der Waals surface area (Å²) < 4.78 is 43.7. The lowest BCUT2D eigenvalue weighted by Crippen LogP contribution is -2.37. The second-order valence-electron chi connectivity index (χ2n) is 10.8. The van der Waals surface area contributed by atoms with Crippen molar-refractivity contribution in [3.05, 3.63) is 52.6 Å². The Hall–Kier alpha value is -3.22. The molecule has 9 nitrogen and oxygen atoms in total. The molecule has 210 valence electrons. The first-order chi connectivity index (χ1) is 18.5. The zero-order valence-corrected chi connectivity index (χ0v) is 22.2. The van der Waals surface area contributed by atoms with Crippen molar-refractivity contribution in [1.82, 2.24) is 25.1 Å². The minimum Gasteiger partial charge on any atom is -0.389 e. The quantitative estimate of drug-likeness (QED) is 0.292. The second-order valence-corrected chi connectivity index (χ2v) is 10.8. The van der Waals surface area contributed by atoms with Crippen LogP contribution < -0.4 is 10.6 Å². The number of aromatic amines is 1. The molecule has 12 heteroatoms. The standard InChI is InChI=1S/C27H34F3N7O2/c1-14-8-21(20(28)10-18(14)16-4-6-17(7-5-16)37-12-22(38)23(39)13-37)32-26-31-11-19(27(3,29)30)25(34-26)33-24-9-15(2)35-36-24/h8-11,16-17,22-23,38-39H,4-7,12-13H2,1-3H3,(H3,31,32,33,34,35,36)/t16-,17+,22-,23-/m0/s1. The Morgan fingerprint density at radius 2 is 1.72 bits per heavy atom. The fraction of sp³-hybridized carbons (Fsp3) is 0.519. The monoisotopic (exact) mass is 545 g/mol. The molecule has 2 atom stereocenters. The zero-order chi connectivity index (χ0) is 27.9. The van der Waals surface area contributed by atoms with Gasteiger partial charge in [-0.05, 0) is 68.7 Å². The number of aliphatic hydroxyl groups excluding tert-OH is 2. The first-order valence-electron chi connectivity index (χ1n) is 13.2. The number of aliphatic hydroxyl groups is 2. The largest absolute Gasteiger partial charge is 0.389 e. The first kappa shape index (κ1) is 27.4. The van der Waals surface area contributed by atoms with Crippen molar-refractivity contribution in [2.75, 3.05) is 23.7 Å². The molecule has 2 fully saturated rings. The van der Waals surface area contributed by atoms with Gasteiger partial charge in [0.25, 0.3) is 5.92 Å². The first-order valence-corrected chi connectivity index (χ1v) is 13.2. The fourth-order valence-electron chi connectivity index (χ4n) is 5.66. The molecule has 0 bridgehead atoms. The van der Waals surface area contributed by atoms with Crippen LogP contribution in [0.3, 0.4) is 0 Å². The summed E-state index contributed by atoms with van der Waals surface area (Å²) in [4.78, 5) is 10.4. The Morgan fingerprint density at radius 1 is 1.03 bits per heavy atom. The molecular formula is C27H34F3N7O2. The van der Waals surface area contributed by atoms with Crippen LogP contribution in [0.2, 0.25) is 0 Å². The highest BCUT2D eigenvalue weighted by Gasteiger charge is 2.36. The van der Waals surface area contributed by atoms with Gasteiger partial charge in [0.15, 0.2) is 5.82 Å². The lowest BCUT2D eigenvalue weighted by molar-refractivity contribution is 0.0176. The molecule has 39 heavy (non-hydrogen) atoms. The lowest BCUT2D eigenvalue weighted by Gasteiger charge is -2.35. The topological polar surface area (TPSA) is 122 Å². The van der Waals surface area contributed by atoms with Crippen LogP contribution in [0, 0.1) is 19.7 Å². The van der Waals surface area contributed by atoms with E-state index in [0.717, 1.165) is 55.6 Å². The number of aryl methyl sites for hydroxylation is 2. The van der Waals surface area contributed by atoms with Crippen molar-refractivity contribution in [2.24, 2.45) is 0 Å². The molecule has 3 heterocycles. The predicted octanol–water partition coefficient (Wildman–Crippen LogP) is 4.62. The van der Waals surface area contributed by atoms with E-state index >= 15 is 4.39 Å². The van der Waals surface area contributed by atoms with E-state index in [9.17, 15) is 19.0 Å². The van der Waals surface area contributed by atoms with Gasteiger partial charge in [-0.3, -0.25) is 10.00 Å². The number of benzene rings is 1.